The van der Waals surface area contributed by atoms with Crippen LogP contribution in [0.5, 0.6) is 0 Å². The van der Waals surface area contributed by atoms with Gasteiger partial charge in [0.25, 0.3) is 0 Å². The summed E-state index contributed by atoms with van der Waals surface area (Å²) in [4.78, 5) is 4.42. The van der Waals surface area contributed by atoms with Crippen molar-refractivity contribution in [3.05, 3.63) is 75.2 Å². The molecular formula is C21H22N2SSi. The summed E-state index contributed by atoms with van der Waals surface area (Å²) < 4.78 is 0. The fourth-order valence-electron chi connectivity index (χ4n) is 3.85. The Balaban J connectivity index is 2.08. The average Bonchev–Trinajstić information content (AvgIpc) is 3.16. The second-order valence-electron chi connectivity index (χ2n) is 6.98. The average molecular weight is 363 g/mol. The van der Waals surface area contributed by atoms with Crippen molar-refractivity contribution in [2.45, 2.75) is 13.1 Å². The highest BCUT2D eigenvalue weighted by Crippen LogP contribution is 2.41. The lowest BCUT2D eigenvalue weighted by Gasteiger charge is -2.38. The molecular weight excluding hydrogens is 340 g/mol. The first-order chi connectivity index (χ1) is 12.1. The van der Waals surface area contributed by atoms with Crippen molar-refractivity contribution in [3.8, 4) is 0 Å². The summed E-state index contributed by atoms with van der Waals surface area (Å²) in [6, 6.07) is 9.07. The molecule has 4 rings (SSSR count). The lowest BCUT2D eigenvalue weighted by atomic mass is 9.91. The SMILES string of the molecule is CN=C1C=CC2=C(c3ccsc3)c3ccc(NC)cc3[Si](C)(C)C2=C1. The van der Waals surface area contributed by atoms with E-state index < -0.39 is 8.07 Å². The smallest absolute Gasteiger partial charge is 0.114 e. The van der Waals surface area contributed by atoms with Gasteiger partial charge in [0.2, 0.25) is 0 Å². The molecule has 0 saturated heterocycles. The first kappa shape index (κ1) is 16.3. The summed E-state index contributed by atoms with van der Waals surface area (Å²) in [5, 5.41) is 10.7. The number of rotatable bonds is 2. The van der Waals surface area contributed by atoms with Crippen LogP contribution in [0.15, 0.2) is 69.0 Å². The van der Waals surface area contributed by atoms with E-state index in [4.69, 9.17) is 0 Å². The van der Waals surface area contributed by atoms with Crippen LogP contribution in [0.1, 0.15) is 11.1 Å². The Labute approximate surface area is 154 Å². The summed E-state index contributed by atoms with van der Waals surface area (Å²) in [5.41, 5.74) is 7.70. The quantitative estimate of drug-likeness (QED) is 0.774. The van der Waals surface area contributed by atoms with Gasteiger partial charge < -0.3 is 5.32 Å². The molecule has 0 radical (unpaired) electrons. The van der Waals surface area contributed by atoms with Crippen molar-refractivity contribution in [2.24, 2.45) is 4.99 Å². The first-order valence-electron chi connectivity index (χ1n) is 8.53. The van der Waals surface area contributed by atoms with Gasteiger partial charge in [-0.15, -0.1) is 0 Å². The lowest BCUT2D eigenvalue weighted by Crippen LogP contribution is -2.49. The first-order valence-corrected chi connectivity index (χ1v) is 12.5. The van der Waals surface area contributed by atoms with E-state index in [-0.39, 0.29) is 0 Å². The van der Waals surface area contributed by atoms with Crippen LogP contribution < -0.4 is 10.5 Å². The molecule has 0 bridgehead atoms. The molecule has 2 aliphatic rings. The molecule has 1 aromatic carbocycles. The maximum atomic E-state index is 4.42. The number of anilines is 1. The Kier molecular flexibility index (Phi) is 3.89. The maximum absolute atomic E-state index is 4.42. The van der Waals surface area contributed by atoms with E-state index in [1.807, 2.05) is 14.1 Å². The Morgan fingerprint density at radius 3 is 2.64 bits per heavy atom. The molecule has 0 saturated carbocycles. The van der Waals surface area contributed by atoms with Gasteiger partial charge in [-0.2, -0.15) is 11.3 Å². The molecule has 1 aromatic heterocycles. The molecule has 1 aliphatic carbocycles. The van der Waals surface area contributed by atoms with Gasteiger partial charge in [-0.05, 0) is 73.8 Å². The zero-order chi connectivity index (χ0) is 17.6. The summed E-state index contributed by atoms with van der Waals surface area (Å²) in [6.45, 7) is 4.90. The van der Waals surface area contributed by atoms with Crippen LogP contribution in [0.3, 0.4) is 0 Å². The Morgan fingerprint density at radius 1 is 1.12 bits per heavy atom. The van der Waals surface area contributed by atoms with Gasteiger partial charge in [0.15, 0.2) is 0 Å². The van der Waals surface area contributed by atoms with Crippen molar-refractivity contribution in [1.82, 2.24) is 0 Å². The van der Waals surface area contributed by atoms with Crippen LogP contribution in [0, 0.1) is 0 Å². The number of aliphatic imine (C=N–C) groups is 1. The van der Waals surface area contributed by atoms with Crippen molar-refractivity contribution >= 4 is 41.6 Å². The molecule has 1 aliphatic heterocycles. The standard InChI is InChI=1S/C21H22N2SSi/c1-22-15-5-7-17-19(11-15)25(3,4)20-12-16(23-2)6-8-18(20)21(17)14-9-10-24-13-14/h5-13,22H,1-4H3. The molecule has 2 nitrogen and oxygen atoms in total. The number of hydrogen-bond acceptors (Lipinski definition) is 3. The minimum Gasteiger partial charge on any atom is -0.388 e. The minimum atomic E-state index is -1.80. The van der Waals surface area contributed by atoms with Gasteiger partial charge >= 0.3 is 0 Å². The molecule has 0 spiro atoms. The van der Waals surface area contributed by atoms with Crippen LogP contribution in [0.4, 0.5) is 5.69 Å². The molecule has 1 N–H and O–H groups in total. The van der Waals surface area contributed by atoms with E-state index >= 15 is 0 Å². The fraction of sp³-hybridized carbons (Fsp3) is 0.190. The summed E-state index contributed by atoms with van der Waals surface area (Å²) in [5.74, 6) is 0. The summed E-state index contributed by atoms with van der Waals surface area (Å²) in [7, 11) is 2.06. The third-order valence-electron chi connectivity index (χ3n) is 5.26. The summed E-state index contributed by atoms with van der Waals surface area (Å²) in [6.07, 6.45) is 6.72. The topological polar surface area (TPSA) is 24.4 Å². The molecule has 0 unspecified atom stereocenters. The van der Waals surface area contributed by atoms with E-state index in [1.54, 1.807) is 11.3 Å². The number of allylic oxidation sites excluding steroid dienone is 5. The van der Waals surface area contributed by atoms with Crippen molar-refractivity contribution < 1.29 is 0 Å². The highest BCUT2D eigenvalue weighted by Gasteiger charge is 2.39. The number of nitrogens with zero attached hydrogens (tertiary/aromatic N) is 1. The number of hydrogen-bond donors (Lipinski definition) is 1. The van der Waals surface area contributed by atoms with Crippen molar-refractivity contribution in [1.29, 1.82) is 0 Å². The molecule has 2 aromatic rings. The predicted molar refractivity (Wildman–Crippen MR) is 114 cm³/mol. The zero-order valence-corrected chi connectivity index (χ0v) is 16.9. The van der Waals surface area contributed by atoms with Crippen molar-refractivity contribution in [2.75, 3.05) is 19.4 Å². The van der Waals surface area contributed by atoms with Gasteiger partial charge in [-0.1, -0.05) is 25.2 Å². The Morgan fingerprint density at radius 2 is 1.96 bits per heavy atom. The minimum absolute atomic E-state index is 1.07. The predicted octanol–water partition coefficient (Wildman–Crippen LogP) is 4.63. The largest absolute Gasteiger partial charge is 0.388 e. The van der Waals surface area contributed by atoms with E-state index in [0.29, 0.717) is 0 Å². The Bertz CT molecular complexity index is 960. The third-order valence-corrected chi connectivity index (χ3v) is 9.47. The van der Waals surface area contributed by atoms with E-state index in [2.05, 4.69) is 76.7 Å². The molecule has 2 heterocycles. The maximum Gasteiger partial charge on any atom is 0.114 e. The van der Waals surface area contributed by atoms with Crippen LogP contribution in [0.25, 0.3) is 5.57 Å². The molecule has 0 atom stereocenters. The normalized spacial score (nSPS) is 19.5. The number of thiophene rings is 1. The van der Waals surface area contributed by atoms with E-state index in [9.17, 15) is 0 Å². The van der Waals surface area contributed by atoms with Gasteiger partial charge in [0.1, 0.15) is 8.07 Å². The summed E-state index contributed by atoms with van der Waals surface area (Å²) >= 11 is 1.76. The molecule has 4 heteroatoms. The third kappa shape index (κ3) is 2.48. The molecule has 126 valence electrons. The van der Waals surface area contributed by atoms with Crippen LogP contribution in [-0.4, -0.2) is 27.9 Å². The highest BCUT2D eigenvalue weighted by molar-refractivity contribution is 7.08. The van der Waals surface area contributed by atoms with E-state index in [1.165, 1.54) is 38.3 Å². The van der Waals surface area contributed by atoms with Gasteiger partial charge in [-0.3, -0.25) is 4.99 Å². The van der Waals surface area contributed by atoms with E-state index in [0.717, 1.165) is 5.71 Å². The number of fused-ring (bicyclic) bond motifs is 2. The second-order valence-corrected chi connectivity index (χ2v) is 12.1. The second kappa shape index (κ2) is 5.97. The number of nitrogens with one attached hydrogen (secondary N) is 1. The van der Waals surface area contributed by atoms with Gasteiger partial charge in [0.05, 0.1) is 5.71 Å². The van der Waals surface area contributed by atoms with Crippen LogP contribution >= 0.6 is 11.3 Å². The number of benzene rings is 1. The van der Waals surface area contributed by atoms with Crippen LogP contribution in [0.2, 0.25) is 13.1 Å². The molecule has 25 heavy (non-hydrogen) atoms. The fourth-order valence-corrected chi connectivity index (χ4v) is 7.57. The molecule has 0 amide bonds. The lowest BCUT2D eigenvalue weighted by molar-refractivity contribution is 1.41. The van der Waals surface area contributed by atoms with Gasteiger partial charge in [0, 0.05) is 19.8 Å². The molecule has 0 fully saturated rings. The Hall–Kier alpha value is -2.17. The van der Waals surface area contributed by atoms with Gasteiger partial charge in [-0.25, -0.2) is 0 Å². The van der Waals surface area contributed by atoms with Crippen LogP contribution in [-0.2, 0) is 0 Å². The highest BCUT2D eigenvalue weighted by atomic mass is 32.1. The van der Waals surface area contributed by atoms with Crippen molar-refractivity contribution in [3.63, 3.8) is 0 Å². The monoisotopic (exact) mass is 362 g/mol. The zero-order valence-electron chi connectivity index (χ0n) is 15.1.